The molecule has 7 heteroatoms. The van der Waals surface area contributed by atoms with Crippen LogP contribution < -0.4 is 5.32 Å². The van der Waals surface area contributed by atoms with E-state index < -0.39 is 0 Å². The van der Waals surface area contributed by atoms with Gasteiger partial charge < -0.3 is 19.5 Å². The third kappa shape index (κ3) is 3.14. The van der Waals surface area contributed by atoms with Gasteiger partial charge in [0.2, 0.25) is 0 Å². The molecule has 0 aliphatic carbocycles. The number of esters is 1. The Hall–Kier alpha value is -3.19. The van der Waals surface area contributed by atoms with Gasteiger partial charge in [-0.3, -0.25) is 4.98 Å². The van der Waals surface area contributed by atoms with Crippen molar-refractivity contribution in [3.63, 3.8) is 0 Å². The zero-order valence-electron chi connectivity index (χ0n) is 15.6. The van der Waals surface area contributed by atoms with Crippen LogP contribution in [-0.4, -0.2) is 39.7 Å². The smallest absolute Gasteiger partial charge is 0.337 e. The number of carbonyl (C=O) groups is 1. The van der Waals surface area contributed by atoms with E-state index in [-0.39, 0.29) is 18.1 Å². The number of thiocarbonyl (C=S) groups is 1. The van der Waals surface area contributed by atoms with Crippen molar-refractivity contribution in [2.45, 2.75) is 12.1 Å². The molecule has 1 fully saturated rings. The fourth-order valence-electron chi connectivity index (χ4n) is 3.57. The Morgan fingerprint density at radius 3 is 2.61 bits per heavy atom. The zero-order chi connectivity index (χ0) is 19.7. The average molecular weight is 392 g/mol. The second-order valence-corrected chi connectivity index (χ2v) is 6.97. The van der Waals surface area contributed by atoms with Gasteiger partial charge in [0.15, 0.2) is 5.11 Å². The van der Waals surface area contributed by atoms with E-state index in [2.05, 4.69) is 25.8 Å². The Morgan fingerprint density at radius 1 is 1.14 bits per heavy atom. The van der Waals surface area contributed by atoms with Crippen LogP contribution in [0, 0.1) is 0 Å². The molecule has 142 valence electrons. The van der Waals surface area contributed by atoms with Crippen LogP contribution in [0.5, 0.6) is 0 Å². The summed E-state index contributed by atoms with van der Waals surface area (Å²) in [6, 6.07) is 17.3. The second kappa shape index (κ2) is 7.44. The highest BCUT2D eigenvalue weighted by molar-refractivity contribution is 7.80. The lowest BCUT2D eigenvalue weighted by Gasteiger charge is -2.25. The number of rotatable bonds is 4. The Bertz CT molecular complexity index is 1000. The quantitative estimate of drug-likeness (QED) is 0.543. The monoisotopic (exact) mass is 392 g/mol. The third-order valence-electron chi connectivity index (χ3n) is 4.99. The molecule has 6 nitrogen and oxygen atoms in total. The molecule has 28 heavy (non-hydrogen) atoms. The highest BCUT2D eigenvalue weighted by atomic mass is 32.1. The van der Waals surface area contributed by atoms with Gasteiger partial charge in [0, 0.05) is 30.8 Å². The summed E-state index contributed by atoms with van der Waals surface area (Å²) >= 11 is 5.52. The first kappa shape index (κ1) is 18.2. The summed E-state index contributed by atoms with van der Waals surface area (Å²) in [4.78, 5) is 18.3. The van der Waals surface area contributed by atoms with Crippen LogP contribution in [0.25, 0.3) is 5.69 Å². The minimum Gasteiger partial charge on any atom is -0.465 e. The molecule has 2 aromatic heterocycles. The number of hydrogen-bond donors (Lipinski definition) is 1. The van der Waals surface area contributed by atoms with Gasteiger partial charge >= 0.3 is 5.97 Å². The molecule has 1 aliphatic heterocycles. The van der Waals surface area contributed by atoms with Crippen molar-refractivity contribution >= 4 is 23.3 Å². The summed E-state index contributed by atoms with van der Waals surface area (Å²) in [7, 11) is 3.37. The largest absolute Gasteiger partial charge is 0.465 e. The van der Waals surface area contributed by atoms with E-state index in [1.165, 1.54) is 7.11 Å². The van der Waals surface area contributed by atoms with Crippen molar-refractivity contribution in [2.75, 3.05) is 14.2 Å². The van der Waals surface area contributed by atoms with E-state index in [4.69, 9.17) is 17.0 Å². The lowest BCUT2D eigenvalue weighted by molar-refractivity contribution is 0.0601. The van der Waals surface area contributed by atoms with E-state index in [1.54, 1.807) is 18.3 Å². The Kier molecular flexibility index (Phi) is 4.83. The third-order valence-corrected chi connectivity index (χ3v) is 5.39. The summed E-state index contributed by atoms with van der Waals surface area (Å²) in [5, 5.41) is 4.08. The summed E-state index contributed by atoms with van der Waals surface area (Å²) in [5.41, 5.74) is 3.50. The van der Waals surface area contributed by atoms with Gasteiger partial charge in [0.1, 0.15) is 0 Å². The lowest BCUT2D eigenvalue weighted by atomic mass is 10.0. The first-order valence-electron chi connectivity index (χ1n) is 8.90. The molecule has 0 saturated carbocycles. The van der Waals surface area contributed by atoms with Gasteiger partial charge in [-0.2, -0.15) is 0 Å². The SMILES string of the molecule is COC(=O)c1ccc(-n2cccc2[C@@H]2[C@H](c3ccccn3)NC(=S)N2C)cc1. The summed E-state index contributed by atoms with van der Waals surface area (Å²) in [5.74, 6) is -0.348. The number of benzene rings is 1. The van der Waals surface area contributed by atoms with Crippen LogP contribution in [0.3, 0.4) is 0 Å². The number of carbonyl (C=O) groups excluding carboxylic acids is 1. The molecule has 0 amide bonds. The van der Waals surface area contributed by atoms with Gasteiger partial charge in [-0.1, -0.05) is 6.07 Å². The Morgan fingerprint density at radius 2 is 1.93 bits per heavy atom. The topological polar surface area (TPSA) is 59.4 Å². The van der Waals surface area contributed by atoms with Gasteiger partial charge in [0.05, 0.1) is 30.5 Å². The van der Waals surface area contributed by atoms with Crippen molar-refractivity contribution in [3.05, 3.63) is 83.9 Å². The molecule has 0 spiro atoms. The van der Waals surface area contributed by atoms with Crippen LogP contribution >= 0.6 is 12.2 Å². The molecule has 0 unspecified atom stereocenters. The highest BCUT2D eigenvalue weighted by Gasteiger charge is 2.39. The number of pyridine rings is 1. The fourth-order valence-corrected chi connectivity index (χ4v) is 3.82. The summed E-state index contributed by atoms with van der Waals surface area (Å²) in [6.07, 6.45) is 3.80. The lowest BCUT2D eigenvalue weighted by Crippen LogP contribution is -2.25. The maximum absolute atomic E-state index is 11.7. The maximum Gasteiger partial charge on any atom is 0.337 e. The van der Waals surface area contributed by atoms with E-state index in [0.717, 1.165) is 17.1 Å². The van der Waals surface area contributed by atoms with Crippen LogP contribution in [0.2, 0.25) is 0 Å². The van der Waals surface area contributed by atoms with Crippen molar-refractivity contribution in [3.8, 4) is 5.69 Å². The first-order valence-corrected chi connectivity index (χ1v) is 9.31. The summed E-state index contributed by atoms with van der Waals surface area (Å²) < 4.78 is 6.88. The van der Waals surface area contributed by atoms with Crippen LogP contribution in [0.15, 0.2) is 67.0 Å². The fraction of sp³-hybridized carbons (Fsp3) is 0.190. The van der Waals surface area contributed by atoms with Crippen LogP contribution in [-0.2, 0) is 4.74 Å². The molecule has 3 heterocycles. The number of ether oxygens (including phenoxy) is 1. The maximum atomic E-state index is 11.7. The first-order chi connectivity index (χ1) is 13.6. The molecule has 1 N–H and O–H groups in total. The normalized spacial score (nSPS) is 18.8. The predicted molar refractivity (Wildman–Crippen MR) is 110 cm³/mol. The van der Waals surface area contributed by atoms with E-state index in [0.29, 0.717) is 10.7 Å². The molecule has 0 bridgehead atoms. The van der Waals surface area contributed by atoms with Crippen molar-refractivity contribution < 1.29 is 9.53 Å². The van der Waals surface area contributed by atoms with E-state index in [1.807, 2.05) is 49.6 Å². The molecule has 1 saturated heterocycles. The standard InChI is InChI=1S/C21H20N4O2S/c1-24-19(18(23-21(24)28)16-6-3-4-12-22-16)17-7-5-13-25(17)15-10-8-14(9-11-15)20(26)27-2/h3-13,18-19H,1-2H3,(H,23,28)/t18-,19+/m0/s1. The minimum absolute atomic E-state index is 0.0160. The highest BCUT2D eigenvalue weighted by Crippen LogP contribution is 2.38. The number of likely N-dealkylation sites (N-methyl/N-ethyl adjacent to an activating group) is 1. The van der Waals surface area contributed by atoms with Crippen molar-refractivity contribution in [1.82, 2.24) is 19.8 Å². The second-order valence-electron chi connectivity index (χ2n) is 6.58. The van der Waals surface area contributed by atoms with E-state index in [9.17, 15) is 4.79 Å². The van der Waals surface area contributed by atoms with Gasteiger partial charge in [-0.15, -0.1) is 0 Å². The van der Waals surface area contributed by atoms with Gasteiger partial charge in [-0.25, -0.2) is 4.79 Å². The van der Waals surface area contributed by atoms with Gasteiger partial charge in [0.25, 0.3) is 0 Å². The molecule has 4 rings (SSSR count). The van der Waals surface area contributed by atoms with Crippen LogP contribution in [0.1, 0.15) is 33.8 Å². The average Bonchev–Trinajstić information content (AvgIpc) is 3.33. The molecule has 1 aromatic carbocycles. The predicted octanol–water partition coefficient (Wildman–Crippen LogP) is 3.26. The number of nitrogens with one attached hydrogen (secondary N) is 1. The molecule has 2 atom stereocenters. The molecule has 3 aromatic rings. The zero-order valence-corrected chi connectivity index (χ0v) is 16.4. The summed E-state index contributed by atoms with van der Waals surface area (Å²) in [6.45, 7) is 0. The molecule has 0 radical (unpaired) electrons. The van der Waals surface area contributed by atoms with Crippen LogP contribution in [0.4, 0.5) is 0 Å². The molecule has 1 aliphatic rings. The number of methoxy groups -OCH3 is 1. The van der Waals surface area contributed by atoms with Gasteiger partial charge in [-0.05, 0) is 60.7 Å². The Labute approximate surface area is 168 Å². The molecular formula is C21H20N4O2S. The number of aromatic nitrogens is 2. The number of hydrogen-bond acceptors (Lipinski definition) is 4. The van der Waals surface area contributed by atoms with Crippen molar-refractivity contribution in [2.24, 2.45) is 0 Å². The van der Waals surface area contributed by atoms with Crippen molar-refractivity contribution in [1.29, 1.82) is 0 Å². The van der Waals surface area contributed by atoms with E-state index >= 15 is 0 Å². The molecular weight excluding hydrogens is 372 g/mol. The number of nitrogens with zero attached hydrogens (tertiary/aromatic N) is 3. The minimum atomic E-state index is -0.348. The Balaban J connectivity index is 1.73.